The molecule has 192 valence electrons. The molecule has 0 bridgehead atoms. The lowest BCUT2D eigenvalue weighted by molar-refractivity contribution is -0.115. The molecule has 4 heterocycles. The van der Waals surface area contributed by atoms with Crippen LogP contribution in [0.2, 0.25) is 0 Å². The minimum absolute atomic E-state index is 0.0127. The van der Waals surface area contributed by atoms with Crippen LogP contribution in [0.4, 0.5) is 35.3 Å². The van der Waals surface area contributed by atoms with Gasteiger partial charge in [0.1, 0.15) is 30.4 Å². The van der Waals surface area contributed by atoms with E-state index in [1.165, 1.54) is 34.1 Å². The van der Waals surface area contributed by atoms with Crippen LogP contribution in [0.25, 0.3) is 11.5 Å². The Bertz CT molecular complexity index is 1260. The summed E-state index contributed by atoms with van der Waals surface area (Å²) in [6.45, 7) is -0.463. The summed E-state index contributed by atoms with van der Waals surface area (Å²) in [4.78, 5) is 36.4. The number of amides is 2. The molecular weight excluding hydrogens is 485 g/mol. The zero-order chi connectivity index (χ0) is 26.0. The van der Waals surface area contributed by atoms with Crippen molar-refractivity contribution in [2.45, 2.75) is 12.3 Å². The van der Waals surface area contributed by atoms with Crippen LogP contribution < -0.4 is 15.5 Å². The quantitative estimate of drug-likeness (QED) is 0.471. The number of halogens is 3. The number of oxazole rings is 1. The van der Waals surface area contributed by atoms with Crippen molar-refractivity contribution in [3.63, 3.8) is 0 Å². The molecule has 0 aliphatic carbocycles. The summed E-state index contributed by atoms with van der Waals surface area (Å²) in [6, 6.07) is 2.80. The van der Waals surface area contributed by atoms with Gasteiger partial charge in [0, 0.05) is 25.4 Å². The van der Waals surface area contributed by atoms with Gasteiger partial charge in [0.05, 0.1) is 12.7 Å². The monoisotopic (exact) mass is 508 g/mol. The molecule has 0 aromatic carbocycles. The number of aryl methyl sites for hydroxylation is 1. The van der Waals surface area contributed by atoms with E-state index in [9.17, 15) is 22.8 Å². The van der Waals surface area contributed by atoms with Gasteiger partial charge in [-0.1, -0.05) is 0 Å². The third kappa shape index (κ3) is 5.91. The van der Waals surface area contributed by atoms with Crippen molar-refractivity contribution >= 4 is 29.3 Å². The summed E-state index contributed by atoms with van der Waals surface area (Å²) < 4.78 is 49.5. The molecule has 3 aromatic rings. The molecule has 36 heavy (non-hydrogen) atoms. The molecule has 1 saturated heterocycles. The molecule has 2 N–H and O–H groups in total. The maximum atomic E-state index is 12.8. The molecule has 0 spiro atoms. The summed E-state index contributed by atoms with van der Waals surface area (Å²) in [7, 11) is 5.36. The van der Waals surface area contributed by atoms with E-state index in [0.29, 0.717) is 12.1 Å². The zero-order valence-electron chi connectivity index (χ0n) is 19.5. The summed E-state index contributed by atoms with van der Waals surface area (Å²) in [5.41, 5.74) is 0.496. The number of rotatable bonds is 8. The summed E-state index contributed by atoms with van der Waals surface area (Å²) in [5.74, 6) is -0.436. The number of carbonyl (C=O) groups excluding carboxylic acids is 2. The van der Waals surface area contributed by atoms with Gasteiger partial charge in [0.25, 0.3) is 5.91 Å². The highest BCUT2D eigenvalue weighted by Gasteiger charge is 2.36. The Morgan fingerprint density at radius 1 is 1.33 bits per heavy atom. The molecule has 15 heteroatoms. The number of carbonyl (C=O) groups is 2. The third-order valence-electron chi connectivity index (χ3n) is 4.97. The number of nitrogens with one attached hydrogen (secondary N) is 2. The topological polar surface area (TPSA) is 131 Å². The van der Waals surface area contributed by atoms with Gasteiger partial charge in [-0.15, -0.1) is 0 Å². The molecule has 0 radical (unpaired) electrons. The second-order valence-corrected chi connectivity index (χ2v) is 8.31. The first-order valence-corrected chi connectivity index (χ1v) is 10.7. The van der Waals surface area contributed by atoms with Crippen molar-refractivity contribution in [1.82, 2.24) is 24.6 Å². The lowest BCUT2D eigenvalue weighted by Crippen LogP contribution is -2.30. The number of aromatic nitrogens is 4. The van der Waals surface area contributed by atoms with Gasteiger partial charge in [-0.3, -0.25) is 14.4 Å². The Morgan fingerprint density at radius 2 is 2.11 bits per heavy atom. The Kier molecular flexibility index (Phi) is 6.83. The number of alkyl halides is 3. The average Bonchev–Trinajstić information content (AvgIpc) is 3.50. The van der Waals surface area contributed by atoms with E-state index in [-0.39, 0.29) is 41.6 Å². The van der Waals surface area contributed by atoms with Crippen LogP contribution in [-0.4, -0.2) is 82.7 Å². The lowest BCUT2D eigenvalue weighted by atomic mass is 10.2. The van der Waals surface area contributed by atoms with Crippen LogP contribution in [0.1, 0.15) is 10.5 Å². The summed E-state index contributed by atoms with van der Waals surface area (Å²) in [6.07, 6.45) is -1.41. The first-order valence-electron chi connectivity index (χ1n) is 10.7. The van der Waals surface area contributed by atoms with Gasteiger partial charge in [0.15, 0.2) is 11.5 Å². The van der Waals surface area contributed by atoms with Crippen LogP contribution in [0.3, 0.4) is 0 Å². The largest absolute Gasteiger partial charge is 0.444 e. The van der Waals surface area contributed by atoms with E-state index >= 15 is 0 Å². The molecule has 3 aromatic heterocycles. The molecular formula is C21H23F3N8O4. The fourth-order valence-corrected chi connectivity index (χ4v) is 3.51. The molecule has 1 unspecified atom stereocenters. The van der Waals surface area contributed by atoms with Crippen molar-refractivity contribution in [3.8, 4) is 11.5 Å². The Balaban J connectivity index is 1.47. The van der Waals surface area contributed by atoms with E-state index < -0.39 is 24.7 Å². The number of cyclic esters (lactones) is 1. The molecule has 0 saturated carbocycles. The normalized spacial score (nSPS) is 15.9. The van der Waals surface area contributed by atoms with Crippen molar-refractivity contribution < 1.29 is 31.9 Å². The SMILES string of the molecule is CN(C)CC1CN(c2nn(C)cc2NC(=O)c2coc(-c3ccnc(NCC(F)(F)F)c3)n2)C(=O)O1. The molecule has 12 nitrogen and oxygen atoms in total. The highest BCUT2D eigenvalue weighted by Crippen LogP contribution is 2.29. The summed E-state index contributed by atoms with van der Waals surface area (Å²) in [5, 5.41) is 9.11. The molecule has 1 aliphatic heterocycles. The number of nitrogens with zero attached hydrogens (tertiary/aromatic N) is 6. The second-order valence-electron chi connectivity index (χ2n) is 8.31. The van der Waals surface area contributed by atoms with Crippen LogP contribution >= 0.6 is 0 Å². The highest BCUT2D eigenvalue weighted by atomic mass is 19.4. The van der Waals surface area contributed by atoms with Gasteiger partial charge < -0.3 is 24.7 Å². The van der Waals surface area contributed by atoms with Gasteiger partial charge in [-0.05, 0) is 26.2 Å². The van der Waals surface area contributed by atoms with Crippen LogP contribution in [0.15, 0.2) is 35.2 Å². The van der Waals surface area contributed by atoms with Crippen LogP contribution in [0, 0.1) is 0 Å². The maximum absolute atomic E-state index is 12.8. The molecule has 4 rings (SSSR count). The second kappa shape index (κ2) is 9.85. The minimum Gasteiger partial charge on any atom is -0.444 e. The molecule has 2 amide bonds. The standard InChI is InChI=1S/C21H23F3N8O4/c1-30(2)7-13-8-32(20(34)36-13)17-14(9-31(3)29-17)27-18(33)15-10-35-19(28-15)12-4-5-25-16(6-12)26-11-21(22,23)24/h4-6,9-10,13H,7-8,11H2,1-3H3,(H,25,26)(H,27,33). The molecule has 1 atom stereocenters. The minimum atomic E-state index is -4.41. The summed E-state index contributed by atoms with van der Waals surface area (Å²) >= 11 is 0. The first kappa shape index (κ1) is 25.0. The number of likely N-dealkylation sites (N-methyl/N-ethyl adjacent to an activating group) is 1. The van der Waals surface area contributed by atoms with Gasteiger partial charge in [-0.2, -0.15) is 18.3 Å². The third-order valence-corrected chi connectivity index (χ3v) is 4.97. The number of hydrogen-bond acceptors (Lipinski definition) is 9. The fraction of sp³-hybridized carbons (Fsp3) is 0.381. The lowest BCUT2D eigenvalue weighted by Gasteiger charge is -2.14. The van der Waals surface area contributed by atoms with E-state index in [4.69, 9.17) is 9.15 Å². The Labute approximate surface area is 203 Å². The number of ether oxygens (including phenoxy) is 1. The first-order chi connectivity index (χ1) is 17.0. The van der Waals surface area contributed by atoms with E-state index in [0.717, 1.165) is 6.26 Å². The average molecular weight is 508 g/mol. The van der Waals surface area contributed by atoms with Crippen molar-refractivity contribution in [2.75, 3.05) is 49.3 Å². The van der Waals surface area contributed by atoms with E-state index in [1.807, 2.05) is 19.0 Å². The predicted molar refractivity (Wildman–Crippen MR) is 122 cm³/mol. The smallest absolute Gasteiger partial charge is 0.416 e. The van der Waals surface area contributed by atoms with E-state index in [1.54, 1.807) is 7.05 Å². The predicted octanol–water partition coefficient (Wildman–Crippen LogP) is 2.58. The number of pyridine rings is 1. The Morgan fingerprint density at radius 3 is 2.83 bits per heavy atom. The van der Waals surface area contributed by atoms with Gasteiger partial charge in [0.2, 0.25) is 5.89 Å². The molecule has 1 fully saturated rings. The Hall–Kier alpha value is -4.14. The van der Waals surface area contributed by atoms with Gasteiger partial charge in [-0.25, -0.2) is 14.8 Å². The van der Waals surface area contributed by atoms with Gasteiger partial charge >= 0.3 is 12.3 Å². The van der Waals surface area contributed by atoms with E-state index in [2.05, 4.69) is 25.7 Å². The number of anilines is 3. The van der Waals surface area contributed by atoms with Crippen molar-refractivity contribution in [1.29, 1.82) is 0 Å². The van der Waals surface area contributed by atoms with Crippen LogP contribution in [-0.2, 0) is 11.8 Å². The number of hydrogen-bond donors (Lipinski definition) is 2. The van der Waals surface area contributed by atoms with Crippen LogP contribution in [0.5, 0.6) is 0 Å². The zero-order valence-corrected chi connectivity index (χ0v) is 19.5. The maximum Gasteiger partial charge on any atom is 0.416 e. The van der Waals surface area contributed by atoms with Crippen molar-refractivity contribution in [3.05, 3.63) is 36.5 Å². The van der Waals surface area contributed by atoms with Crippen molar-refractivity contribution in [2.24, 2.45) is 7.05 Å². The fourth-order valence-electron chi connectivity index (χ4n) is 3.51. The molecule has 1 aliphatic rings. The highest BCUT2D eigenvalue weighted by molar-refractivity contribution is 6.05.